The lowest BCUT2D eigenvalue weighted by molar-refractivity contribution is -0.144. The molecule has 0 fully saturated rings. The van der Waals surface area contributed by atoms with Crippen LogP contribution in [0.2, 0.25) is 0 Å². The summed E-state index contributed by atoms with van der Waals surface area (Å²) in [4.78, 5) is 37.2. The van der Waals surface area contributed by atoms with E-state index in [9.17, 15) is 14.4 Å². The van der Waals surface area contributed by atoms with Crippen LogP contribution in [0, 0.1) is 12.3 Å². The van der Waals surface area contributed by atoms with Crippen LogP contribution in [-0.2, 0) is 20.9 Å². The highest BCUT2D eigenvalue weighted by molar-refractivity contribution is 7.14. The van der Waals surface area contributed by atoms with E-state index in [0.29, 0.717) is 17.2 Å². The van der Waals surface area contributed by atoms with E-state index < -0.39 is 11.4 Å². The van der Waals surface area contributed by atoms with E-state index in [1.807, 2.05) is 45.9 Å². The van der Waals surface area contributed by atoms with E-state index in [1.165, 1.54) is 11.3 Å². The number of carbonyl (C=O) groups excluding carboxylic acids is 3. The van der Waals surface area contributed by atoms with Crippen LogP contribution in [0.15, 0.2) is 36.4 Å². The number of ether oxygens (including phenoxy) is 2. The molecule has 0 aliphatic heterocycles. The smallest absolute Gasteiger partial charge is 0.344 e. The van der Waals surface area contributed by atoms with Crippen molar-refractivity contribution in [1.82, 2.24) is 5.32 Å². The molecule has 28 heavy (non-hydrogen) atoms. The van der Waals surface area contributed by atoms with Gasteiger partial charge in [0.15, 0.2) is 13.2 Å². The molecule has 2 aromatic rings. The molecule has 0 atom stereocenters. The van der Waals surface area contributed by atoms with E-state index in [-0.39, 0.29) is 24.9 Å². The first-order chi connectivity index (χ1) is 13.2. The summed E-state index contributed by atoms with van der Waals surface area (Å²) in [5.41, 5.74) is 0.445. The van der Waals surface area contributed by atoms with Crippen molar-refractivity contribution in [2.45, 2.75) is 34.2 Å². The van der Waals surface area contributed by atoms with Gasteiger partial charge in [0.1, 0.15) is 5.75 Å². The molecule has 6 nitrogen and oxygen atoms in total. The van der Waals surface area contributed by atoms with Crippen molar-refractivity contribution in [3.63, 3.8) is 0 Å². The minimum Gasteiger partial charge on any atom is -0.482 e. The lowest BCUT2D eigenvalue weighted by Crippen LogP contribution is -2.34. The van der Waals surface area contributed by atoms with E-state index in [4.69, 9.17) is 9.47 Å². The van der Waals surface area contributed by atoms with Crippen molar-refractivity contribution in [2.75, 3.05) is 13.2 Å². The molecule has 1 aromatic heterocycles. The van der Waals surface area contributed by atoms with Crippen LogP contribution < -0.4 is 10.1 Å². The molecule has 1 amide bonds. The maximum atomic E-state index is 12.2. The molecule has 1 aromatic carbocycles. The molecule has 1 heterocycles. The third-order valence-electron chi connectivity index (χ3n) is 3.84. The largest absolute Gasteiger partial charge is 0.482 e. The zero-order valence-corrected chi connectivity index (χ0v) is 17.4. The molecular formula is C21H25NO5S. The molecule has 7 heteroatoms. The van der Waals surface area contributed by atoms with Crippen molar-refractivity contribution in [1.29, 1.82) is 0 Å². The van der Waals surface area contributed by atoms with Gasteiger partial charge in [-0.3, -0.25) is 9.59 Å². The Morgan fingerprint density at radius 2 is 1.75 bits per heavy atom. The average molecular weight is 404 g/mol. The highest BCUT2D eigenvalue weighted by Gasteiger charge is 2.21. The summed E-state index contributed by atoms with van der Waals surface area (Å²) in [7, 11) is 0. The highest BCUT2D eigenvalue weighted by Crippen LogP contribution is 2.19. The normalized spacial score (nSPS) is 11.0. The number of para-hydroxylation sites is 1. The van der Waals surface area contributed by atoms with Gasteiger partial charge in [-0.1, -0.05) is 39.0 Å². The molecule has 0 bridgehead atoms. The van der Waals surface area contributed by atoms with Gasteiger partial charge in [-0.15, -0.1) is 11.3 Å². The second-order valence-electron chi connectivity index (χ2n) is 7.34. The van der Waals surface area contributed by atoms with Crippen molar-refractivity contribution in [3.8, 4) is 5.75 Å². The Balaban J connectivity index is 1.77. The number of thiophene rings is 1. The van der Waals surface area contributed by atoms with Crippen LogP contribution >= 0.6 is 11.3 Å². The Morgan fingerprint density at radius 3 is 2.43 bits per heavy atom. The summed E-state index contributed by atoms with van der Waals surface area (Å²) in [6.45, 7) is 7.15. The first kappa shape index (κ1) is 21.6. The fraction of sp³-hybridized carbons (Fsp3) is 0.381. The monoisotopic (exact) mass is 403 g/mol. The minimum atomic E-state index is -0.606. The number of benzene rings is 1. The summed E-state index contributed by atoms with van der Waals surface area (Å²) in [5.74, 6) is -0.351. The van der Waals surface area contributed by atoms with Gasteiger partial charge in [0.05, 0.1) is 11.4 Å². The van der Waals surface area contributed by atoms with Gasteiger partial charge >= 0.3 is 5.97 Å². The Morgan fingerprint density at radius 1 is 1.04 bits per heavy atom. The first-order valence-corrected chi connectivity index (χ1v) is 9.72. The Bertz CT molecular complexity index is 850. The van der Waals surface area contributed by atoms with Crippen LogP contribution in [0.4, 0.5) is 0 Å². The predicted molar refractivity (Wildman–Crippen MR) is 108 cm³/mol. The highest BCUT2D eigenvalue weighted by atomic mass is 32.1. The topological polar surface area (TPSA) is 81.7 Å². The van der Waals surface area contributed by atoms with Gasteiger partial charge in [-0.05, 0) is 30.7 Å². The van der Waals surface area contributed by atoms with Crippen molar-refractivity contribution in [3.05, 3.63) is 51.7 Å². The predicted octanol–water partition coefficient (Wildman–Crippen LogP) is 3.52. The Labute approximate surface area is 168 Å². The summed E-state index contributed by atoms with van der Waals surface area (Å²) in [6, 6.07) is 10.8. The van der Waals surface area contributed by atoms with E-state index in [2.05, 4.69) is 5.32 Å². The Hall–Kier alpha value is -2.67. The Kier molecular flexibility index (Phi) is 7.34. The summed E-state index contributed by atoms with van der Waals surface area (Å²) in [5, 5.41) is 2.84. The number of Topliss-reactive ketones (excluding diaryl/α,β-unsaturated/α-hetero) is 1. The van der Waals surface area contributed by atoms with E-state index in [1.54, 1.807) is 18.2 Å². The first-order valence-electron chi connectivity index (χ1n) is 8.91. The molecule has 0 aliphatic rings. The van der Waals surface area contributed by atoms with Crippen LogP contribution in [0.1, 0.15) is 40.9 Å². The number of carbonyl (C=O) groups is 3. The van der Waals surface area contributed by atoms with Gasteiger partial charge in [-0.2, -0.15) is 0 Å². The third-order valence-corrected chi connectivity index (χ3v) is 4.97. The fourth-order valence-corrected chi connectivity index (χ4v) is 3.04. The van der Waals surface area contributed by atoms with Crippen molar-refractivity contribution >= 4 is 29.0 Å². The fourth-order valence-electron chi connectivity index (χ4n) is 2.17. The molecule has 150 valence electrons. The van der Waals surface area contributed by atoms with Crippen LogP contribution in [-0.4, -0.2) is 30.9 Å². The number of nitrogens with one attached hydrogen (secondary N) is 1. The van der Waals surface area contributed by atoms with E-state index >= 15 is 0 Å². The lowest BCUT2D eigenvalue weighted by Gasteiger charge is -2.17. The number of aryl methyl sites for hydroxylation is 1. The number of hydrogen-bond acceptors (Lipinski definition) is 6. The SMILES string of the molecule is Cc1ccccc1OCC(=O)OCC(=O)c1ccc(CNC(=O)C(C)(C)C)s1. The van der Waals surface area contributed by atoms with Crippen LogP contribution in [0.25, 0.3) is 0 Å². The molecule has 0 saturated heterocycles. The number of rotatable bonds is 8. The van der Waals surface area contributed by atoms with Crippen LogP contribution in [0.5, 0.6) is 5.75 Å². The second-order valence-corrected chi connectivity index (χ2v) is 8.50. The molecule has 0 saturated carbocycles. The van der Waals surface area contributed by atoms with E-state index in [0.717, 1.165) is 10.4 Å². The maximum absolute atomic E-state index is 12.2. The number of ketones is 1. The zero-order valence-electron chi connectivity index (χ0n) is 16.5. The summed E-state index contributed by atoms with van der Waals surface area (Å²) in [6.07, 6.45) is 0. The van der Waals surface area contributed by atoms with Crippen LogP contribution in [0.3, 0.4) is 0 Å². The molecular weight excluding hydrogens is 378 g/mol. The van der Waals surface area contributed by atoms with Gasteiger partial charge in [0, 0.05) is 10.3 Å². The standard InChI is InChI=1S/C21H25NO5S/c1-14-7-5-6-8-17(14)26-13-19(24)27-12-16(23)18-10-9-15(28-18)11-22-20(25)21(2,3)4/h5-10H,11-13H2,1-4H3,(H,22,25). The van der Waals surface area contributed by atoms with Gasteiger partial charge in [-0.25, -0.2) is 4.79 Å². The number of amides is 1. The molecule has 0 spiro atoms. The maximum Gasteiger partial charge on any atom is 0.344 e. The van der Waals surface area contributed by atoms with Crippen molar-refractivity contribution < 1.29 is 23.9 Å². The van der Waals surface area contributed by atoms with Gasteiger partial charge in [0.25, 0.3) is 0 Å². The lowest BCUT2D eigenvalue weighted by atomic mass is 9.96. The molecule has 0 aliphatic carbocycles. The average Bonchev–Trinajstić information content (AvgIpc) is 3.11. The van der Waals surface area contributed by atoms with Gasteiger partial charge < -0.3 is 14.8 Å². The second kappa shape index (κ2) is 9.50. The number of esters is 1. The zero-order chi connectivity index (χ0) is 20.7. The molecule has 2 rings (SSSR count). The minimum absolute atomic E-state index is 0.0589. The van der Waals surface area contributed by atoms with Crippen molar-refractivity contribution in [2.24, 2.45) is 5.41 Å². The molecule has 1 N–H and O–H groups in total. The quantitative estimate of drug-likeness (QED) is 0.539. The number of hydrogen-bond donors (Lipinski definition) is 1. The summed E-state index contributed by atoms with van der Waals surface area (Å²) >= 11 is 1.27. The summed E-state index contributed by atoms with van der Waals surface area (Å²) < 4.78 is 10.4. The van der Waals surface area contributed by atoms with Gasteiger partial charge in [0.2, 0.25) is 11.7 Å². The third kappa shape index (κ3) is 6.49. The molecule has 0 unspecified atom stereocenters. The molecule has 0 radical (unpaired) electrons.